The highest BCUT2D eigenvalue weighted by Gasteiger charge is 2.21. The molecule has 1 N–H and O–H groups in total. The monoisotopic (exact) mass is 150 g/mol. The molecular weight excluding hydrogens is 138 g/mol. The average Bonchev–Trinajstić information content (AvgIpc) is 2.58. The molecule has 2 heterocycles. The van der Waals surface area contributed by atoms with E-state index in [-0.39, 0.29) is 0 Å². The first kappa shape index (κ1) is 6.85. The third-order valence-electron chi connectivity index (χ3n) is 2.00. The van der Waals surface area contributed by atoms with Gasteiger partial charge >= 0.3 is 0 Å². The molecule has 0 unspecified atom stereocenters. The third-order valence-corrected chi connectivity index (χ3v) is 2.00. The van der Waals surface area contributed by atoms with Crippen LogP contribution in [0.2, 0.25) is 0 Å². The Morgan fingerprint density at radius 2 is 2.18 bits per heavy atom. The van der Waals surface area contributed by atoms with Gasteiger partial charge in [0.2, 0.25) is 6.29 Å². The number of hydrogen-bond donors (Lipinski definition) is 1. The van der Waals surface area contributed by atoms with E-state index in [1.165, 1.54) is 12.8 Å². The fourth-order valence-corrected chi connectivity index (χ4v) is 1.42. The molecule has 1 fully saturated rings. The van der Waals surface area contributed by atoms with Crippen molar-refractivity contribution in [2.24, 2.45) is 4.99 Å². The molecule has 0 aromatic heterocycles. The second-order valence-corrected chi connectivity index (χ2v) is 2.80. The maximum atomic E-state index is 4.23. The summed E-state index contributed by atoms with van der Waals surface area (Å²) in [6, 6.07) is 0. The Morgan fingerprint density at radius 3 is 2.82 bits per heavy atom. The zero-order valence-electron chi connectivity index (χ0n) is 6.45. The van der Waals surface area contributed by atoms with Gasteiger partial charge in [0.25, 0.3) is 0 Å². The van der Waals surface area contributed by atoms with Gasteiger partial charge in [-0.2, -0.15) is 0 Å². The first-order valence-corrected chi connectivity index (χ1v) is 4.04. The molecule has 0 aliphatic carbocycles. The lowest BCUT2D eigenvalue weighted by Crippen LogP contribution is -2.33. The molecular formula is C8H12N3. The number of nitrogens with one attached hydrogen (secondary N) is 1. The summed E-state index contributed by atoms with van der Waals surface area (Å²) in [4.78, 5) is 6.51. The number of nitrogens with zero attached hydrogens (tertiary/aromatic N) is 2. The van der Waals surface area contributed by atoms with Crippen molar-refractivity contribution in [2.75, 3.05) is 13.1 Å². The fraction of sp³-hybridized carbons (Fsp3) is 0.500. The van der Waals surface area contributed by atoms with Crippen LogP contribution >= 0.6 is 0 Å². The predicted molar refractivity (Wildman–Crippen MR) is 44.8 cm³/mol. The minimum absolute atomic E-state index is 1.00. The standard InChI is InChI=1S/C8H12N3/c1-2-7-11(6-1)8-9-4-3-5-10-8/h3-5,9H,1-2,6-7H2. The number of allylic oxidation sites excluding steroid dienone is 1. The molecule has 0 amide bonds. The smallest absolute Gasteiger partial charge is 0.246 e. The maximum absolute atomic E-state index is 4.23. The van der Waals surface area contributed by atoms with E-state index in [4.69, 9.17) is 0 Å². The number of likely N-dealkylation sites (tertiary alicyclic amines) is 1. The quantitative estimate of drug-likeness (QED) is 0.596. The van der Waals surface area contributed by atoms with Crippen molar-refractivity contribution >= 4 is 6.21 Å². The Hall–Kier alpha value is -0.830. The van der Waals surface area contributed by atoms with Crippen LogP contribution < -0.4 is 5.32 Å². The second kappa shape index (κ2) is 3.05. The van der Waals surface area contributed by atoms with E-state index in [2.05, 4.69) is 15.2 Å². The van der Waals surface area contributed by atoms with Gasteiger partial charge in [-0.1, -0.05) is 0 Å². The minimum atomic E-state index is 1.00. The van der Waals surface area contributed by atoms with Crippen LogP contribution in [0, 0.1) is 6.29 Å². The summed E-state index contributed by atoms with van der Waals surface area (Å²) in [6.45, 7) is 2.29. The normalized spacial score (nSPS) is 25.8. The Kier molecular flexibility index (Phi) is 1.90. The van der Waals surface area contributed by atoms with Crippen LogP contribution in [-0.2, 0) is 0 Å². The summed E-state index contributed by atoms with van der Waals surface area (Å²) in [5.74, 6) is 0. The molecule has 11 heavy (non-hydrogen) atoms. The Labute approximate surface area is 66.8 Å². The lowest BCUT2D eigenvalue weighted by Gasteiger charge is -2.22. The highest BCUT2D eigenvalue weighted by atomic mass is 15.4. The topological polar surface area (TPSA) is 27.6 Å². The molecule has 2 aliphatic rings. The minimum Gasteiger partial charge on any atom is -0.350 e. The summed E-state index contributed by atoms with van der Waals surface area (Å²) in [5.41, 5.74) is 0. The molecule has 1 saturated heterocycles. The van der Waals surface area contributed by atoms with Crippen molar-refractivity contribution in [1.29, 1.82) is 0 Å². The van der Waals surface area contributed by atoms with Crippen molar-refractivity contribution < 1.29 is 0 Å². The van der Waals surface area contributed by atoms with E-state index in [0.717, 1.165) is 19.4 Å². The van der Waals surface area contributed by atoms with Gasteiger partial charge in [0.15, 0.2) is 0 Å². The Balaban J connectivity index is 1.94. The second-order valence-electron chi connectivity index (χ2n) is 2.80. The lowest BCUT2D eigenvalue weighted by atomic mass is 10.4. The summed E-state index contributed by atoms with van der Waals surface area (Å²) >= 11 is 0. The molecule has 1 radical (unpaired) electrons. The van der Waals surface area contributed by atoms with Crippen molar-refractivity contribution in [3.05, 3.63) is 18.6 Å². The SMILES string of the molecule is C1=CN[C](N2CCCC2)N=C1. The predicted octanol–water partition coefficient (Wildman–Crippen LogP) is 0.717. The van der Waals surface area contributed by atoms with E-state index in [1.54, 1.807) is 0 Å². The van der Waals surface area contributed by atoms with Gasteiger partial charge in [0.05, 0.1) is 0 Å². The van der Waals surface area contributed by atoms with Gasteiger partial charge in [-0.3, -0.25) is 4.90 Å². The van der Waals surface area contributed by atoms with Crippen LogP contribution in [0.5, 0.6) is 0 Å². The van der Waals surface area contributed by atoms with Crippen LogP contribution in [0.25, 0.3) is 0 Å². The van der Waals surface area contributed by atoms with Crippen molar-refractivity contribution in [3.63, 3.8) is 0 Å². The number of aliphatic imine (C=N–C) groups is 1. The molecule has 0 aromatic carbocycles. The van der Waals surface area contributed by atoms with E-state index < -0.39 is 0 Å². The largest absolute Gasteiger partial charge is 0.350 e. The van der Waals surface area contributed by atoms with Crippen LogP contribution in [0.1, 0.15) is 12.8 Å². The summed E-state index contributed by atoms with van der Waals surface area (Å²) < 4.78 is 0. The molecule has 3 heteroatoms. The van der Waals surface area contributed by atoms with Gasteiger partial charge < -0.3 is 5.32 Å². The molecule has 59 valence electrons. The third kappa shape index (κ3) is 1.43. The van der Waals surface area contributed by atoms with Gasteiger partial charge in [0.1, 0.15) is 0 Å². The highest BCUT2D eigenvalue weighted by molar-refractivity contribution is 5.72. The number of rotatable bonds is 1. The van der Waals surface area contributed by atoms with Crippen LogP contribution in [0.3, 0.4) is 0 Å². The molecule has 3 nitrogen and oxygen atoms in total. The van der Waals surface area contributed by atoms with Gasteiger partial charge in [-0.15, -0.1) is 0 Å². The van der Waals surface area contributed by atoms with E-state index in [0.29, 0.717) is 0 Å². The van der Waals surface area contributed by atoms with E-state index in [1.807, 2.05) is 18.5 Å². The van der Waals surface area contributed by atoms with Gasteiger partial charge in [-0.05, 0) is 18.9 Å². The Bertz CT molecular complexity index is 180. The first-order chi connectivity index (χ1) is 5.47. The van der Waals surface area contributed by atoms with Crippen molar-refractivity contribution in [3.8, 4) is 0 Å². The molecule has 0 bridgehead atoms. The van der Waals surface area contributed by atoms with E-state index in [9.17, 15) is 0 Å². The van der Waals surface area contributed by atoms with Crippen molar-refractivity contribution in [1.82, 2.24) is 10.2 Å². The van der Waals surface area contributed by atoms with Gasteiger partial charge in [0, 0.05) is 25.5 Å². The Morgan fingerprint density at radius 1 is 1.36 bits per heavy atom. The molecule has 2 rings (SSSR count). The summed E-state index contributed by atoms with van der Waals surface area (Å²) in [6.07, 6.45) is 9.24. The van der Waals surface area contributed by atoms with Crippen molar-refractivity contribution in [2.45, 2.75) is 12.8 Å². The zero-order chi connectivity index (χ0) is 7.52. The summed E-state index contributed by atoms with van der Waals surface area (Å²) in [5, 5.41) is 3.13. The lowest BCUT2D eigenvalue weighted by molar-refractivity contribution is 0.324. The maximum Gasteiger partial charge on any atom is 0.246 e. The highest BCUT2D eigenvalue weighted by Crippen LogP contribution is 2.16. The van der Waals surface area contributed by atoms with Crippen LogP contribution in [-0.4, -0.2) is 24.2 Å². The van der Waals surface area contributed by atoms with E-state index >= 15 is 0 Å². The fourth-order valence-electron chi connectivity index (χ4n) is 1.42. The number of hydrogen-bond acceptors (Lipinski definition) is 3. The summed E-state index contributed by atoms with van der Waals surface area (Å²) in [7, 11) is 0. The average molecular weight is 150 g/mol. The molecule has 2 aliphatic heterocycles. The molecule has 0 aromatic rings. The molecule has 0 saturated carbocycles. The first-order valence-electron chi connectivity index (χ1n) is 4.04. The van der Waals surface area contributed by atoms with Crippen LogP contribution in [0.15, 0.2) is 17.3 Å². The van der Waals surface area contributed by atoms with Crippen LogP contribution in [0.4, 0.5) is 0 Å². The zero-order valence-corrected chi connectivity index (χ0v) is 6.45. The molecule has 0 atom stereocenters. The molecule has 0 spiro atoms. The van der Waals surface area contributed by atoms with Gasteiger partial charge in [-0.25, -0.2) is 4.99 Å².